The summed E-state index contributed by atoms with van der Waals surface area (Å²) in [6.07, 6.45) is 5.33. The number of hydrogen-bond acceptors (Lipinski definition) is 5. The highest BCUT2D eigenvalue weighted by molar-refractivity contribution is 7.13. The van der Waals surface area contributed by atoms with Gasteiger partial charge in [-0.1, -0.05) is 0 Å². The van der Waals surface area contributed by atoms with Gasteiger partial charge in [-0.2, -0.15) is 0 Å². The van der Waals surface area contributed by atoms with Crippen LogP contribution in [-0.4, -0.2) is 52.8 Å². The first-order chi connectivity index (χ1) is 13.6. The Kier molecular flexibility index (Phi) is 5.80. The largest absolute Gasteiger partial charge is 0.459 e. The van der Waals surface area contributed by atoms with E-state index in [9.17, 15) is 9.59 Å². The van der Waals surface area contributed by atoms with Gasteiger partial charge in [0.25, 0.3) is 0 Å². The first-order valence-electron chi connectivity index (χ1n) is 10.2. The molecule has 0 aromatic carbocycles. The van der Waals surface area contributed by atoms with Gasteiger partial charge in [-0.15, -0.1) is 11.3 Å². The standard InChI is InChI=1S/C21H27N3O3S/c1-15-5-6-18(27-15)20-22-17(14-28-20)13-19(25)23-11-7-16(8-12-23)21(26)24-9-3-2-4-10-24/h5-6,14,16H,2-4,7-13H2,1H3. The smallest absolute Gasteiger partial charge is 0.228 e. The molecule has 2 aromatic heterocycles. The SMILES string of the molecule is Cc1ccc(-c2nc(CC(=O)N3CCC(C(=O)N4CCCCC4)CC3)cs2)o1. The van der Waals surface area contributed by atoms with Gasteiger partial charge >= 0.3 is 0 Å². The van der Waals surface area contributed by atoms with Gasteiger partial charge in [-0.25, -0.2) is 4.98 Å². The molecule has 7 heteroatoms. The molecule has 2 aliphatic rings. The number of furan rings is 1. The summed E-state index contributed by atoms with van der Waals surface area (Å²) in [7, 11) is 0. The van der Waals surface area contributed by atoms with Gasteiger partial charge in [-0.3, -0.25) is 9.59 Å². The zero-order valence-corrected chi connectivity index (χ0v) is 17.2. The number of amides is 2. The highest BCUT2D eigenvalue weighted by Crippen LogP contribution is 2.26. The van der Waals surface area contributed by atoms with Crippen molar-refractivity contribution in [3.05, 3.63) is 29.0 Å². The molecule has 0 aliphatic carbocycles. The lowest BCUT2D eigenvalue weighted by atomic mass is 9.94. The molecule has 6 nitrogen and oxygen atoms in total. The Bertz CT molecular complexity index is 830. The lowest BCUT2D eigenvalue weighted by Crippen LogP contribution is -2.46. The summed E-state index contributed by atoms with van der Waals surface area (Å²) in [6.45, 7) is 5.04. The maximum absolute atomic E-state index is 12.7. The highest BCUT2D eigenvalue weighted by atomic mass is 32.1. The molecule has 2 saturated heterocycles. The second kappa shape index (κ2) is 8.47. The van der Waals surface area contributed by atoms with Crippen LogP contribution >= 0.6 is 11.3 Å². The highest BCUT2D eigenvalue weighted by Gasteiger charge is 2.30. The van der Waals surface area contributed by atoms with E-state index < -0.39 is 0 Å². The van der Waals surface area contributed by atoms with Crippen molar-refractivity contribution in [3.8, 4) is 10.8 Å². The number of aromatic nitrogens is 1. The van der Waals surface area contributed by atoms with E-state index in [1.165, 1.54) is 17.8 Å². The minimum absolute atomic E-state index is 0.0789. The minimum atomic E-state index is 0.0789. The quantitative estimate of drug-likeness (QED) is 0.786. The first kappa shape index (κ1) is 19.2. The molecular formula is C21H27N3O3S. The third-order valence-corrected chi connectivity index (χ3v) is 6.61. The molecule has 2 fully saturated rings. The van der Waals surface area contributed by atoms with Gasteiger partial charge in [0, 0.05) is 37.5 Å². The van der Waals surface area contributed by atoms with Crippen LogP contribution in [0, 0.1) is 12.8 Å². The van der Waals surface area contributed by atoms with Crippen LogP contribution < -0.4 is 0 Å². The van der Waals surface area contributed by atoms with Gasteiger partial charge in [0.05, 0.1) is 12.1 Å². The van der Waals surface area contributed by atoms with Crippen molar-refractivity contribution in [2.45, 2.75) is 45.4 Å². The average Bonchev–Trinajstić information content (AvgIpc) is 3.37. The fraction of sp³-hybridized carbons (Fsp3) is 0.571. The number of carbonyl (C=O) groups excluding carboxylic acids is 2. The number of carbonyl (C=O) groups is 2. The second-order valence-electron chi connectivity index (χ2n) is 7.77. The summed E-state index contributed by atoms with van der Waals surface area (Å²) in [5.74, 6) is 2.07. The summed E-state index contributed by atoms with van der Waals surface area (Å²) in [6, 6.07) is 3.82. The van der Waals surface area contributed by atoms with Crippen molar-refractivity contribution in [1.82, 2.24) is 14.8 Å². The van der Waals surface area contributed by atoms with Gasteiger partial charge < -0.3 is 14.2 Å². The predicted molar refractivity (Wildman–Crippen MR) is 108 cm³/mol. The maximum Gasteiger partial charge on any atom is 0.228 e. The fourth-order valence-electron chi connectivity index (χ4n) is 4.07. The summed E-state index contributed by atoms with van der Waals surface area (Å²) in [5.41, 5.74) is 0.783. The Morgan fingerprint density at radius 2 is 1.86 bits per heavy atom. The zero-order valence-electron chi connectivity index (χ0n) is 16.4. The molecule has 2 amide bonds. The molecule has 0 unspecified atom stereocenters. The molecule has 4 rings (SSSR count). The van der Waals surface area contributed by atoms with Crippen LogP contribution in [0.5, 0.6) is 0 Å². The topological polar surface area (TPSA) is 66.7 Å². The van der Waals surface area contributed by atoms with Gasteiger partial charge in [0.15, 0.2) is 10.8 Å². The number of rotatable bonds is 4. The Hall–Kier alpha value is -2.15. The normalized spacial score (nSPS) is 18.5. The summed E-state index contributed by atoms with van der Waals surface area (Å²) in [5, 5.41) is 2.74. The summed E-state index contributed by atoms with van der Waals surface area (Å²) in [4.78, 5) is 33.8. The molecule has 2 aliphatic heterocycles. The monoisotopic (exact) mass is 401 g/mol. The van der Waals surface area contributed by atoms with Crippen LogP contribution in [0.25, 0.3) is 10.8 Å². The summed E-state index contributed by atoms with van der Waals surface area (Å²) >= 11 is 1.50. The molecular weight excluding hydrogens is 374 g/mol. The van der Waals surface area contributed by atoms with Crippen LogP contribution in [0.2, 0.25) is 0 Å². The first-order valence-corrected chi connectivity index (χ1v) is 11.1. The number of nitrogens with zero attached hydrogens (tertiary/aromatic N) is 3. The molecule has 0 atom stereocenters. The van der Waals surface area contributed by atoms with E-state index >= 15 is 0 Å². The van der Waals surface area contributed by atoms with Crippen LogP contribution in [-0.2, 0) is 16.0 Å². The molecule has 2 aromatic rings. The second-order valence-corrected chi connectivity index (χ2v) is 8.63. The Labute approximate surface area is 169 Å². The van der Waals surface area contributed by atoms with Crippen LogP contribution in [0.1, 0.15) is 43.6 Å². The molecule has 0 spiro atoms. The van der Waals surface area contributed by atoms with Crippen LogP contribution in [0.4, 0.5) is 0 Å². The molecule has 0 saturated carbocycles. The summed E-state index contributed by atoms with van der Waals surface area (Å²) < 4.78 is 5.61. The van der Waals surface area contributed by atoms with E-state index in [-0.39, 0.29) is 11.8 Å². The zero-order chi connectivity index (χ0) is 19.5. The fourth-order valence-corrected chi connectivity index (χ4v) is 4.85. The predicted octanol–water partition coefficient (Wildman–Crippen LogP) is 3.51. The third kappa shape index (κ3) is 4.29. The maximum atomic E-state index is 12.7. The Morgan fingerprint density at radius 3 is 2.54 bits per heavy atom. The van der Waals surface area contributed by atoms with Crippen molar-refractivity contribution < 1.29 is 14.0 Å². The third-order valence-electron chi connectivity index (χ3n) is 5.70. The van der Waals surface area contributed by atoms with Crippen molar-refractivity contribution >= 4 is 23.2 Å². The van der Waals surface area contributed by atoms with E-state index in [4.69, 9.17) is 4.42 Å². The number of piperidine rings is 2. The van der Waals surface area contributed by atoms with Crippen molar-refractivity contribution in [2.75, 3.05) is 26.2 Å². The van der Waals surface area contributed by atoms with E-state index in [1.807, 2.05) is 34.2 Å². The van der Waals surface area contributed by atoms with Crippen molar-refractivity contribution in [2.24, 2.45) is 5.92 Å². The Balaban J connectivity index is 1.28. The van der Waals surface area contributed by atoms with Gasteiger partial charge in [0.2, 0.25) is 11.8 Å². The molecule has 0 radical (unpaired) electrons. The van der Waals surface area contributed by atoms with Crippen molar-refractivity contribution in [3.63, 3.8) is 0 Å². The molecule has 0 N–H and O–H groups in total. The van der Waals surface area contributed by atoms with E-state index in [0.717, 1.165) is 61.0 Å². The van der Waals surface area contributed by atoms with Crippen LogP contribution in [0.3, 0.4) is 0 Å². The molecule has 4 heterocycles. The number of likely N-dealkylation sites (tertiary alicyclic amines) is 2. The van der Waals surface area contributed by atoms with Crippen molar-refractivity contribution in [1.29, 1.82) is 0 Å². The molecule has 0 bridgehead atoms. The molecule has 28 heavy (non-hydrogen) atoms. The average molecular weight is 402 g/mol. The van der Waals surface area contributed by atoms with E-state index in [0.29, 0.717) is 25.4 Å². The Morgan fingerprint density at radius 1 is 1.11 bits per heavy atom. The van der Waals surface area contributed by atoms with E-state index in [1.54, 1.807) is 0 Å². The number of hydrogen-bond donors (Lipinski definition) is 0. The number of thiazole rings is 1. The lowest BCUT2D eigenvalue weighted by molar-refractivity contribution is -0.141. The lowest BCUT2D eigenvalue weighted by Gasteiger charge is -2.35. The van der Waals surface area contributed by atoms with Crippen LogP contribution in [0.15, 0.2) is 21.9 Å². The van der Waals surface area contributed by atoms with E-state index in [2.05, 4.69) is 4.98 Å². The molecule has 150 valence electrons. The minimum Gasteiger partial charge on any atom is -0.459 e. The van der Waals surface area contributed by atoms with Gasteiger partial charge in [0.1, 0.15) is 5.76 Å². The van der Waals surface area contributed by atoms with Gasteiger partial charge in [-0.05, 0) is 51.2 Å². The number of aryl methyl sites for hydroxylation is 1.